The van der Waals surface area contributed by atoms with Gasteiger partial charge in [0.1, 0.15) is 0 Å². The normalized spacial score (nSPS) is 14.4. The summed E-state index contributed by atoms with van der Waals surface area (Å²) in [7, 11) is -0.802. The fourth-order valence-corrected chi connectivity index (χ4v) is 12.7. The van der Waals surface area contributed by atoms with Crippen LogP contribution in [0.1, 0.15) is 25.7 Å². The van der Waals surface area contributed by atoms with Gasteiger partial charge in [0.05, 0.1) is 0 Å². The van der Waals surface area contributed by atoms with Gasteiger partial charge in [-0.2, -0.15) is 0 Å². The van der Waals surface area contributed by atoms with E-state index in [1.807, 2.05) is 17.3 Å². The van der Waals surface area contributed by atoms with Crippen LogP contribution in [0.2, 0.25) is 0 Å². The molecule has 1 saturated carbocycles. The third kappa shape index (κ3) is 12.2. The predicted molar refractivity (Wildman–Crippen MR) is 254 cm³/mol. The first kappa shape index (κ1) is 47.8. The molecule has 2 nitrogen and oxygen atoms in total. The SMILES string of the molecule is FB(F)F.N[C@@H]1CCCC[C@H]1N.[Cl][Ru+2].[F-].c1ccc(P(c2ccccc2)c2ccc3ccccc3c2-c2c(P(c3ccccc3)c3ccccc3)ccc3ccccc23)cc1. The minimum Gasteiger partial charge on any atom is -1.00 e. The molecule has 0 aliphatic heterocycles. The number of rotatable bonds is 7. The van der Waals surface area contributed by atoms with Crippen molar-refractivity contribution in [2.24, 2.45) is 11.5 Å². The van der Waals surface area contributed by atoms with Crippen molar-refractivity contribution in [1.82, 2.24) is 0 Å². The molecule has 0 unspecified atom stereocenters. The molecule has 311 valence electrons. The van der Waals surface area contributed by atoms with Crippen molar-refractivity contribution in [3.05, 3.63) is 194 Å². The Morgan fingerprint density at radius 2 is 0.689 bits per heavy atom. The van der Waals surface area contributed by atoms with Crippen molar-refractivity contribution in [1.29, 1.82) is 0 Å². The summed E-state index contributed by atoms with van der Waals surface area (Å²) in [6.45, 7) is 0. The van der Waals surface area contributed by atoms with E-state index in [0.29, 0.717) is 0 Å². The summed E-state index contributed by atoms with van der Waals surface area (Å²) in [5, 5.41) is 13.3. The van der Waals surface area contributed by atoms with E-state index in [-0.39, 0.29) is 16.8 Å². The van der Waals surface area contributed by atoms with E-state index >= 15 is 0 Å². The first-order chi connectivity index (χ1) is 29.4. The Morgan fingerprint density at radius 3 is 0.967 bits per heavy atom. The van der Waals surface area contributed by atoms with Crippen LogP contribution in [-0.4, -0.2) is 19.6 Å². The summed E-state index contributed by atoms with van der Waals surface area (Å²) in [6.07, 6.45) is 4.80. The van der Waals surface area contributed by atoms with Gasteiger partial charge in [0.2, 0.25) is 0 Å². The number of hydrogen-bond donors (Lipinski definition) is 2. The third-order valence-corrected chi connectivity index (χ3v) is 15.4. The summed E-state index contributed by atoms with van der Waals surface area (Å²) < 4.78 is 29.0. The predicted octanol–water partition coefficient (Wildman–Crippen LogP) is 7.96. The number of fused-ring (bicyclic) bond motifs is 2. The second kappa shape index (κ2) is 24.4. The maximum atomic E-state index is 9.67. The van der Waals surface area contributed by atoms with Crippen LogP contribution < -0.4 is 48.0 Å². The van der Waals surface area contributed by atoms with Crippen molar-refractivity contribution in [2.45, 2.75) is 37.8 Å². The minimum atomic E-state index is -3.67. The molecule has 0 aromatic heterocycles. The topological polar surface area (TPSA) is 52.0 Å². The van der Waals surface area contributed by atoms with Crippen LogP contribution in [0, 0.1) is 0 Å². The van der Waals surface area contributed by atoms with Gasteiger partial charge in [-0.3, -0.25) is 12.9 Å². The van der Waals surface area contributed by atoms with Gasteiger partial charge in [0.25, 0.3) is 0 Å². The largest absolute Gasteiger partial charge is 1.00 e. The average Bonchev–Trinajstić information content (AvgIpc) is 3.30. The van der Waals surface area contributed by atoms with Gasteiger partial charge in [-0.1, -0.05) is 207 Å². The van der Waals surface area contributed by atoms with Gasteiger partial charge in [0, 0.05) is 12.1 Å². The van der Waals surface area contributed by atoms with E-state index < -0.39 is 23.4 Å². The molecule has 8 aromatic carbocycles. The third-order valence-electron chi connectivity index (χ3n) is 10.5. The number of benzene rings is 8. The Morgan fingerprint density at radius 1 is 0.426 bits per heavy atom. The molecule has 0 heterocycles. The maximum Gasteiger partial charge on any atom is -0.000884 e. The van der Waals surface area contributed by atoms with Crippen LogP contribution in [0.5, 0.6) is 0 Å². The second-order valence-corrected chi connectivity index (χ2v) is 18.6. The molecule has 0 amide bonds. The van der Waals surface area contributed by atoms with Crippen molar-refractivity contribution in [2.75, 3.05) is 0 Å². The first-order valence-electron chi connectivity index (χ1n) is 19.8. The van der Waals surface area contributed by atoms with Gasteiger partial charge < -0.3 is 16.2 Å². The Bertz CT molecular complexity index is 2270. The van der Waals surface area contributed by atoms with Gasteiger partial charge in [-0.25, -0.2) is 0 Å². The zero-order valence-corrected chi connectivity index (χ0v) is 37.6. The Hall–Kier alpha value is -4.24. The summed E-state index contributed by atoms with van der Waals surface area (Å²) in [6, 6.07) is 72.4. The molecule has 4 N–H and O–H groups in total. The monoisotopic (exact) mass is 960 g/mol. The quantitative estimate of drug-likeness (QED) is 0.0969. The van der Waals surface area contributed by atoms with E-state index in [1.54, 1.807) is 0 Å². The molecule has 0 radical (unpaired) electrons. The van der Waals surface area contributed by atoms with E-state index in [2.05, 4.69) is 204 Å². The summed E-state index contributed by atoms with van der Waals surface area (Å²) >= 11 is 1.82. The van der Waals surface area contributed by atoms with Crippen LogP contribution in [0.3, 0.4) is 0 Å². The Kier molecular flexibility index (Phi) is 19.1. The van der Waals surface area contributed by atoms with Crippen molar-refractivity contribution in [3.63, 3.8) is 0 Å². The smallest absolute Gasteiger partial charge is 0.000884 e. The molecule has 1 aliphatic rings. The first-order valence-corrected chi connectivity index (χ1v) is 24.7. The second-order valence-electron chi connectivity index (χ2n) is 14.2. The van der Waals surface area contributed by atoms with Gasteiger partial charge >= 0.3 is 34.5 Å². The average molecular weight is 960 g/mol. The van der Waals surface area contributed by atoms with Gasteiger partial charge in [0.15, 0.2) is 0 Å². The standard InChI is InChI=1S/C44H32P2.C6H14N2.BF3.ClH.FH.Ru/c1-5-19-35(20-6-1)45(36-21-7-2-8-22-36)41-31-29-33-17-13-15-27-39(33)43(41)44-40-28-16-14-18-34(40)30-32-42(44)46(37-23-9-3-10-24-37)38-25-11-4-12-26-38;7-5-3-1-2-4-6(5)8;2-1(3)4;;;/h1-32H;5-6H,1-4,7-8H2;;2*1H;/q;;;;;+3/p-2/t;5-,6-;;;;/m.1..../s1. The van der Waals surface area contributed by atoms with Crippen LogP contribution in [0.4, 0.5) is 12.9 Å². The van der Waals surface area contributed by atoms with Crippen molar-refractivity contribution < 1.29 is 35.0 Å². The molecule has 2 atom stereocenters. The molecule has 1 fully saturated rings. The van der Waals surface area contributed by atoms with E-state index in [9.17, 15) is 12.9 Å². The molecule has 0 saturated heterocycles. The molecule has 11 heteroatoms. The molecular formula is C50H46BClF4N2P2Ru+. The Balaban J connectivity index is 0.000000407. The molecule has 9 rings (SSSR count). The number of nitrogens with two attached hydrogens (primary N) is 2. The summed E-state index contributed by atoms with van der Waals surface area (Å²) in [5.74, 6) is 0. The summed E-state index contributed by atoms with van der Waals surface area (Å²) in [5.41, 5.74) is 14.0. The van der Waals surface area contributed by atoms with Crippen LogP contribution in [0.25, 0.3) is 32.7 Å². The number of hydrogen-bond acceptors (Lipinski definition) is 2. The Labute approximate surface area is 373 Å². The summed E-state index contributed by atoms with van der Waals surface area (Å²) in [4.78, 5) is 0. The molecular weight excluding hydrogens is 914 g/mol. The molecule has 1 aliphatic carbocycles. The molecule has 8 aromatic rings. The van der Waals surface area contributed by atoms with E-state index in [0.717, 1.165) is 12.8 Å². The van der Waals surface area contributed by atoms with Crippen LogP contribution in [0.15, 0.2) is 194 Å². The van der Waals surface area contributed by atoms with Gasteiger partial charge in [-0.05, 0) is 93.2 Å². The van der Waals surface area contributed by atoms with Crippen LogP contribution >= 0.6 is 25.5 Å². The molecule has 0 bridgehead atoms. The van der Waals surface area contributed by atoms with Crippen molar-refractivity contribution >= 4 is 86.5 Å². The zero-order chi connectivity index (χ0) is 42.3. The van der Waals surface area contributed by atoms with E-state index in [4.69, 9.17) is 11.5 Å². The maximum absolute atomic E-state index is 9.67. The minimum absolute atomic E-state index is 0. The van der Waals surface area contributed by atoms with Gasteiger partial charge in [-0.15, -0.1) is 0 Å². The van der Waals surface area contributed by atoms with E-state index in [1.165, 1.54) is 77.3 Å². The fraction of sp³-hybridized carbons (Fsp3) is 0.120. The fourth-order valence-electron chi connectivity index (χ4n) is 7.77. The van der Waals surface area contributed by atoms with Crippen LogP contribution in [-0.2, 0) is 17.3 Å². The van der Waals surface area contributed by atoms with Crippen molar-refractivity contribution in [3.8, 4) is 11.1 Å². The zero-order valence-electron chi connectivity index (χ0n) is 33.3. The number of halogens is 5. The molecule has 0 spiro atoms. The molecule has 61 heavy (non-hydrogen) atoms.